The van der Waals surface area contributed by atoms with Crippen molar-refractivity contribution in [1.29, 1.82) is 0 Å². The summed E-state index contributed by atoms with van der Waals surface area (Å²) in [6.07, 6.45) is 2.77. The van der Waals surface area contributed by atoms with E-state index in [-0.39, 0.29) is 0 Å². The van der Waals surface area contributed by atoms with Crippen molar-refractivity contribution < 1.29 is 4.74 Å². The minimum absolute atomic E-state index is 0.896. The molecule has 2 atom stereocenters. The molecule has 0 aliphatic carbocycles. The molecule has 2 fully saturated rings. The quantitative estimate of drug-likeness (QED) is 0.531. The summed E-state index contributed by atoms with van der Waals surface area (Å²) in [4.78, 5) is 0. The van der Waals surface area contributed by atoms with Crippen molar-refractivity contribution in [2.24, 2.45) is 11.8 Å². The monoisotopic (exact) mass is 158 g/mol. The Hall–Kier alpha value is 0.310. The minimum atomic E-state index is 0.896. The van der Waals surface area contributed by atoms with E-state index in [1.165, 1.54) is 24.3 Å². The maximum Gasteiger partial charge on any atom is 0.0504 e. The van der Waals surface area contributed by atoms with Gasteiger partial charge in [-0.2, -0.15) is 11.8 Å². The molecular formula is C8H14OS. The zero-order chi connectivity index (χ0) is 6.81. The first-order chi connectivity index (χ1) is 4.97. The third-order valence-corrected chi connectivity index (χ3v) is 3.78. The maximum atomic E-state index is 5.43. The summed E-state index contributed by atoms with van der Waals surface area (Å²) in [7, 11) is 0. The molecule has 10 heavy (non-hydrogen) atoms. The number of rotatable bonds is 0. The summed E-state index contributed by atoms with van der Waals surface area (Å²) in [5, 5.41) is 0. The number of hydrogen-bond acceptors (Lipinski definition) is 2. The van der Waals surface area contributed by atoms with E-state index >= 15 is 0 Å². The largest absolute Gasteiger partial charge is 0.381 e. The lowest BCUT2D eigenvalue weighted by atomic mass is 9.87. The van der Waals surface area contributed by atoms with Gasteiger partial charge in [-0.25, -0.2) is 0 Å². The second-order valence-corrected chi connectivity index (χ2v) is 4.40. The molecule has 0 aromatic rings. The van der Waals surface area contributed by atoms with Gasteiger partial charge in [0.25, 0.3) is 0 Å². The molecule has 0 spiro atoms. The second kappa shape index (κ2) is 3.14. The van der Waals surface area contributed by atoms with Crippen molar-refractivity contribution in [3.8, 4) is 0 Å². The lowest BCUT2D eigenvalue weighted by molar-refractivity contribution is 0.0235. The standard InChI is InChI=1S/C8H14OS/c1-3-9-5-8-6-10-4-2-7(1)8/h7-8H,1-6H2. The van der Waals surface area contributed by atoms with Crippen LogP contribution < -0.4 is 0 Å². The van der Waals surface area contributed by atoms with E-state index in [4.69, 9.17) is 4.74 Å². The van der Waals surface area contributed by atoms with Crippen LogP contribution in [-0.4, -0.2) is 24.7 Å². The summed E-state index contributed by atoms with van der Waals surface area (Å²) < 4.78 is 5.43. The van der Waals surface area contributed by atoms with Crippen LogP contribution in [0.25, 0.3) is 0 Å². The van der Waals surface area contributed by atoms with E-state index in [1.54, 1.807) is 0 Å². The third-order valence-electron chi connectivity index (χ3n) is 2.60. The van der Waals surface area contributed by atoms with Gasteiger partial charge in [-0.15, -0.1) is 0 Å². The Morgan fingerprint density at radius 2 is 2.20 bits per heavy atom. The Labute approximate surface area is 66.5 Å². The highest BCUT2D eigenvalue weighted by molar-refractivity contribution is 7.99. The highest BCUT2D eigenvalue weighted by Crippen LogP contribution is 2.33. The molecule has 58 valence electrons. The van der Waals surface area contributed by atoms with E-state index < -0.39 is 0 Å². The summed E-state index contributed by atoms with van der Waals surface area (Å²) in [6.45, 7) is 2.06. The molecule has 2 heterocycles. The average Bonchev–Trinajstić information content (AvgIpc) is 2.05. The van der Waals surface area contributed by atoms with Crippen molar-refractivity contribution in [3.63, 3.8) is 0 Å². The molecule has 0 saturated carbocycles. The smallest absolute Gasteiger partial charge is 0.0504 e. The zero-order valence-electron chi connectivity index (χ0n) is 6.21. The maximum absolute atomic E-state index is 5.43. The molecule has 0 radical (unpaired) electrons. The number of thioether (sulfide) groups is 1. The second-order valence-electron chi connectivity index (χ2n) is 3.25. The topological polar surface area (TPSA) is 9.23 Å². The highest BCUT2D eigenvalue weighted by Gasteiger charge is 2.28. The van der Waals surface area contributed by atoms with Crippen LogP contribution in [0.1, 0.15) is 12.8 Å². The molecule has 2 rings (SSSR count). The lowest BCUT2D eigenvalue weighted by Gasteiger charge is -2.34. The van der Waals surface area contributed by atoms with Gasteiger partial charge in [0.05, 0.1) is 6.61 Å². The van der Waals surface area contributed by atoms with Crippen LogP contribution in [0.5, 0.6) is 0 Å². The van der Waals surface area contributed by atoms with E-state index in [1.807, 2.05) is 0 Å². The highest BCUT2D eigenvalue weighted by atomic mass is 32.2. The summed E-state index contributed by atoms with van der Waals surface area (Å²) in [5.41, 5.74) is 0. The van der Waals surface area contributed by atoms with Gasteiger partial charge in [-0.05, 0) is 36.2 Å². The van der Waals surface area contributed by atoms with Crippen molar-refractivity contribution in [2.75, 3.05) is 24.7 Å². The first-order valence-electron chi connectivity index (χ1n) is 4.12. The Morgan fingerprint density at radius 3 is 3.10 bits per heavy atom. The van der Waals surface area contributed by atoms with Crippen molar-refractivity contribution in [2.45, 2.75) is 12.8 Å². The van der Waals surface area contributed by atoms with E-state index in [9.17, 15) is 0 Å². The Kier molecular flexibility index (Phi) is 2.19. The van der Waals surface area contributed by atoms with Gasteiger partial charge < -0.3 is 4.74 Å². The van der Waals surface area contributed by atoms with Gasteiger partial charge in [0, 0.05) is 6.61 Å². The van der Waals surface area contributed by atoms with Crippen LogP contribution in [0.3, 0.4) is 0 Å². The van der Waals surface area contributed by atoms with Gasteiger partial charge >= 0.3 is 0 Å². The van der Waals surface area contributed by atoms with Crippen LogP contribution in [-0.2, 0) is 4.74 Å². The van der Waals surface area contributed by atoms with Crippen molar-refractivity contribution >= 4 is 11.8 Å². The van der Waals surface area contributed by atoms with Gasteiger partial charge in [-0.3, -0.25) is 0 Å². The van der Waals surface area contributed by atoms with Gasteiger partial charge in [0.15, 0.2) is 0 Å². The molecule has 2 unspecified atom stereocenters. The summed E-state index contributed by atoms with van der Waals surface area (Å²) >= 11 is 2.10. The Morgan fingerprint density at radius 1 is 1.20 bits per heavy atom. The first kappa shape index (κ1) is 6.99. The molecule has 2 aliphatic rings. The molecule has 0 amide bonds. The fourth-order valence-electron chi connectivity index (χ4n) is 1.87. The van der Waals surface area contributed by atoms with Crippen LogP contribution in [0.4, 0.5) is 0 Å². The molecule has 1 nitrogen and oxygen atoms in total. The van der Waals surface area contributed by atoms with Crippen LogP contribution in [0, 0.1) is 11.8 Å². The zero-order valence-corrected chi connectivity index (χ0v) is 7.03. The molecular weight excluding hydrogens is 144 g/mol. The Balaban J connectivity index is 1.93. The van der Waals surface area contributed by atoms with Crippen LogP contribution in [0.2, 0.25) is 0 Å². The molecule has 2 saturated heterocycles. The predicted octanol–water partition coefficient (Wildman–Crippen LogP) is 1.78. The summed E-state index contributed by atoms with van der Waals surface area (Å²) in [6, 6.07) is 0. The van der Waals surface area contributed by atoms with Crippen molar-refractivity contribution in [1.82, 2.24) is 0 Å². The van der Waals surface area contributed by atoms with Crippen LogP contribution >= 0.6 is 11.8 Å². The van der Waals surface area contributed by atoms with Gasteiger partial charge in [0.1, 0.15) is 0 Å². The molecule has 0 aromatic heterocycles. The van der Waals surface area contributed by atoms with E-state index in [2.05, 4.69) is 11.8 Å². The normalized spacial score (nSPS) is 40.8. The lowest BCUT2D eigenvalue weighted by Crippen LogP contribution is -2.32. The molecule has 0 aromatic carbocycles. The van der Waals surface area contributed by atoms with Crippen molar-refractivity contribution in [3.05, 3.63) is 0 Å². The minimum Gasteiger partial charge on any atom is -0.381 e. The fourth-order valence-corrected chi connectivity index (χ4v) is 3.18. The first-order valence-corrected chi connectivity index (χ1v) is 5.28. The molecule has 0 N–H and O–H groups in total. The third kappa shape index (κ3) is 1.32. The van der Waals surface area contributed by atoms with E-state index in [0.717, 1.165) is 25.0 Å². The summed E-state index contributed by atoms with van der Waals surface area (Å²) in [5.74, 6) is 4.65. The predicted molar refractivity (Wildman–Crippen MR) is 44.4 cm³/mol. The molecule has 2 heteroatoms. The average molecular weight is 158 g/mol. The number of hydrogen-bond donors (Lipinski definition) is 0. The molecule has 0 bridgehead atoms. The van der Waals surface area contributed by atoms with Gasteiger partial charge in [0.2, 0.25) is 0 Å². The SMILES string of the molecule is C1CC2CCSCC2CO1. The van der Waals surface area contributed by atoms with Crippen LogP contribution in [0.15, 0.2) is 0 Å². The Bertz CT molecular complexity index is 89.8. The van der Waals surface area contributed by atoms with Gasteiger partial charge in [-0.1, -0.05) is 0 Å². The molecule has 2 aliphatic heterocycles. The number of ether oxygens (including phenoxy) is 1. The number of fused-ring (bicyclic) bond motifs is 1. The fraction of sp³-hybridized carbons (Fsp3) is 1.00. The van der Waals surface area contributed by atoms with E-state index in [0.29, 0.717) is 0 Å².